The van der Waals surface area contributed by atoms with E-state index in [9.17, 15) is 0 Å². The van der Waals surface area contributed by atoms with Gasteiger partial charge in [-0.2, -0.15) is 4.98 Å². The molecular formula is C11H17N5O. The molecule has 2 heterocycles. The second-order valence-corrected chi connectivity index (χ2v) is 4.25. The predicted octanol–water partition coefficient (Wildman–Crippen LogP) is 0.997. The molecule has 1 atom stereocenters. The van der Waals surface area contributed by atoms with Crippen molar-refractivity contribution >= 4 is 0 Å². The Hall–Kier alpha value is -1.69. The van der Waals surface area contributed by atoms with Gasteiger partial charge in [0.05, 0.1) is 0 Å². The van der Waals surface area contributed by atoms with E-state index in [1.54, 1.807) is 6.20 Å². The molecular weight excluding hydrogens is 218 g/mol. The molecule has 0 radical (unpaired) electrons. The first kappa shape index (κ1) is 11.8. The van der Waals surface area contributed by atoms with E-state index in [0.29, 0.717) is 30.0 Å². The Morgan fingerprint density at radius 2 is 2.35 bits per heavy atom. The average Bonchev–Trinajstić information content (AvgIpc) is 2.94. The van der Waals surface area contributed by atoms with Crippen molar-refractivity contribution < 1.29 is 4.52 Å². The zero-order chi connectivity index (χ0) is 12.3. The number of imidazole rings is 1. The Morgan fingerprint density at radius 1 is 1.53 bits per heavy atom. The van der Waals surface area contributed by atoms with Crippen molar-refractivity contribution in [3.63, 3.8) is 0 Å². The fourth-order valence-corrected chi connectivity index (χ4v) is 1.52. The van der Waals surface area contributed by atoms with Gasteiger partial charge < -0.3 is 14.8 Å². The number of nitrogens with two attached hydrogens (primary N) is 1. The molecule has 17 heavy (non-hydrogen) atoms. The third-order valence-electron chi connectivity index (χ3n) is 2.74. The summed E-state index contributed by atoms with van der Waals surface area (Å²) in [4.78, 5) is 8.49. The SMILES string of the molecule is CC(CN)CCc1nc(-c2nccn2C)no1. The van der Waals surface area contributed by atoms with E-state index in [4.69, 9.17) is 10.3 Å². The van der Waals surface area contributed by atoms with Crippen LogP contribution < -0.4 is 5.73 Å². The van der Waals surface area contributed by atoms with E-state index in [-0.39, 0.29) is 0 Å². The lowest BCUT2D eigenvalue weighted by molar-refractivity contribution is 0.366. The van der Waals surface area contributed by atoms with E-state index < -0.39 is 0 Å². The van der Waals surface area contributed by atoms with Gasteiger partial charge in [0.25, 0.3) is 0 Å². The van der Waals surface area contributed by atoms with Crippen LogP contribution in [0.3, 0.4) is 0 Å². The molecule has 0 saturated heterocycles. The minimum Gasteiger partial charge on any atom is -0.339 e. The number of hydrogen-bond acceptors (Lipinski definition) is 5. The van der Waals surface area contributed by atoms with Crippen LogP contribution in [-0.4, -0.2) is 26.2 Å². The van der Waals surface area contributed by atoms with Gasteiger partial charge in [0.2, 0.25) is 11.7 Å². The largest absolute Gasteiger partial charge is 0.339 e. The second-order valence-electron chi connectivity index (χ2n) is 4.25. The van der Waals surface area contributed by atoms with Crippen LogP contribution >= 0.6 is 0 Å². The highest BCUT2D eigenvalue weighted by Crippen LogP contribution is 2.14. The summed E-state index contributed by atoms with van der Waals surface area (Å²) in [5, 5.41) is 3.92. The standard InChI is InChI=1S/C11H17N5O/c1-8(7-12)3-4-9-14-10(15-17-9)11-13-5-6-16(11)2/h5-6,8H,3-4,7,12H2,1-2H3. The summed E-state index contributed by atoms with van der Waals surface area (Å²) in [6.07, 6.45) is 5.28. The maximum absolute atomic E-state index is 5.56. The number of hydrogen-bond donors (Lipinski definition) is 1. The van der Waals surface area contributed by atoms with Gasteiger partial charge >= 0.3 is 0 Å². The molecule has 0 aliphatic heterocycles. The predicted molar refractivity (Wildman–Crippen MR) is 63.0 cm³/mol. The first-order valence-electron chi connectivity index (χ1n) is 5.71. The summed E-state index contributed by atoms with van der Waals surface area (Å²) in [5.74, 6) is 2.36. The maximum Gasteiger partial charge on any atom is 0.238 e. The molecule has 0 aromatic carbocycles. The summed E-state index contributed by atoms with van der Waals surface area (Å²) in [6, 6.07) is 0. The zero-order valence-electron chi connectivity index (χ0n) is 10.1. The lowest BCUT2D eigenvalue weighted by Gasteiger charge is -2.03. The molecule has 0 spiro atoms. The highest BCUT2D eigenvalue weighted by atomic mass is 16.5. The van der Waals surface area contributed by atoms with E-state index in [0.717, 1.165) is 12.8 Å². The third kappa shape index (κ3) is 2.71. The van der Waals surface area contributed by atoms with Gasteiger partial charge in [0.1, 0.15) is 0 Å². The van der Waals surface area contributed by atoms with Gasteiger partial charge in [-0.25, -0.2) is 4.98 Å². The number of aryl methyl sites for hydroxylation is 2. The minimum absolute atomic E-state index is 0.471. The molecule has 2 rings (SSSR count). The van der Waals surface area contributed by atoms with Crippen LogP contribution in [0, 0.1) is 5.92 Å². The Labute approximate surface area is 99.8 Å². The summed E-state index contributed by atoms with van der Waals surface area (Å²) < 4.78 is 7.04. The van der Waals surface area contributed by atoms with Gasteiger partial charge in [0.15, 0.2) is 5.82 Å². The van der Waals surface area contributed by atoms with Crippen molar-refractivity contribution in [2.75, 3.05) is 6.54 Å². The lowest BCUT2D eigenvalue weighted by Crippen LogP contribution is -2.11. The molecule has 0 aliphatic rings. The molecule has 92 valence electrons. The zero-order valence-corrected chi connectivity index (χ0v) is 10.1. The van der Waals surface area contributed by atoms with Crippen LogP contribution in [0.4, 0.5) is 0 Å². The average molecular weight is 235 g/mol. The first-order chi connectivity index (χ1) is 8.20. The molecule has 6 nitrogen and oxygen atoms in total. The second kappa shape index (κ2) is 5.09. The van der Waals surface area contributed by atoms with Crippen LogP contribution in [-0.2, 0) is 13.5 Å². The molecule has 0 saturated carbocycles. The fourth-order valence-electron chi connectivity index (χ4n) is 1.52. The van der Waals surface area contributed by atoms with Gasteiger partial charge in [-0.3, -0.25) is 0 Å². The molecule has 0 fully saturated rings. The molecule has 2 aromatic heterocycles. The number of aromatic nitrogens is 4. The minimum atomic E-state index is 0.471. The van der Waals surface area contributed by atoms with Crippen molar-refractivity contribution in [3.05, 3.63) is 18.3 Å². The van der Waals surface area contributed by atoms with Gasteiger partial charge in [-0.1, -0.05) is 12.1 Å². The summed E-state index contributed by atoms with van der Waals surface area (Å²) in [7, 11) is 1.90. The van der Waals surface area contributed by atoms with Crippen molar-refractivity contribution in [1.82, 2.24) is 19.7 Å². The van der Waals surface area contributed by atoms with E-state index >= 15 is 0 Å². The summed E-state index contributed by atoms with van der Waals surface area (Å²) >= 11 is 0. The highest BCUT2D eigenvalue weighted by molar-refractivity contribution is 5.42. The summed E-state index contributed by atoms with van der Waals surface area (Å²) in [5.41, 5.74) is 5.56. The van der Waals surface area contributed by atoms with Crippen molar-refractivity contribution in [1.29, 1.82) is 0 Å². The van der Waals surface area contributed by atoms with Crippen LogP contribution in [0.2, 0.25) is 0 Å². The molecule has 0 aliphatic carbocycles. The van der Waals surface area contributed by atoms with Crippen LogP contribution in [0.5, 0.6) is 0 Å². The number of nitrogens with zero attached hydrogens (tertiary/aromatic N) is 4. The Kier molecular flexibility index (Phi) is 3.53. The Morgan fingerprint density at radius 3 is 3.00 bits per heavy atom. The molecule has 2 N–H and O–H groups in total. The highest BCUT2D eigenvalue weighted by Gasteiger charge is 2.12. The molecule has 0 amide bonds. The van der Waals surface area contributed by atoms with Crippen molar-refractivity contribution in [3.8, 4) is 11.6 Å². The Bertz CT molecular complexity index is 476. The molecule has 6 heteroatoms. The van der Waals surface area contributed by atoms with E-state index in [2.05, 4.69) is 22.0 Å². The quantitative estimate of drug-likeness (QED) is 0.835. The van der Waals surface area contributed by atoms with Gasteiger partial charge in [-0.15, -0.1) is 0 Å². The van der Waals surface area contributed by atoms with Crippen molar-refractivity contribution in [2.45, 2.75) is 19.8 Å². The van der Waals surface area contributed by atoms with Crippen LogP contribution in [0.25, 0.3) is 11.6 Å². The first-order valence-corrected chi connectivity index (χ1v) is 5.71. The summed E-state index contributed by atoms with van der Waals surface area (Å²) in [6.45, 7) is 2.79. The van der Waals surface area contributed by atoms with Crippen LogP contribution in [0.1, 0.15) is 19.2 Å². The van der Waals surface area contributed by atoms with Crippen LogP contribution in [0.15, 0.2) is 16.9 Å². The Balaban J connectivity index is 2.04. The maximum atomic E-state index is 5.56. The monoisotopic (exact) mass is 235 g/mol. The number of rotatable bonds is 5. The normalized spacial score (nSPS) is 12.9. The van der Waals surface area contributed by atoms with Gasteiger partial charge in [0, 0.05) is 25.9 Å². The smallest absolute Gasteiger partial charge is 0.238 e. The van der Waals surface area contributed by atoms with Gasteiger partial charge in [-0.05, 0) is 18.9 Å². The fraction of sp³-hybridized carbons (Fsp3) is 0.545. The van der Waals surface area contributed by atoms with E-state index in [1.807, 2.05) is 17.8 Å². The lowest BCUT2D eigenvalue weighted by atomic mass is 10.1. The third-order valence-corrected chi connectivity index (χ3v) is 2.74. The van der Waals surface area contributed by atoms with Crippen molar-refractivity contribution in [2.24, 2.45) is 18.7 Å². The molecule has 2 aromatic rings. The molecule has 0 bridgehead atoms. The molecule has 1 unspecified atom stereocenters. The van der Waals surface area contributed by atoms with E-state index in [1.165, 1.54) is 0 Å². The topological polar surface area (TPSA) is 82.8 Å².